The molecule has 1 heterocycles. The number of aliphatic imine (C=N–C) groups is 1. The monoisotopic (exact) mass is 495 g/mol. The Kier molecular flexibility index (Phi) is 8.25. The average Bonchev–Trinajstić information content (AvgIpc) is 3.15. The molecule has 7 heteroatoms. The van der Waals surface area contributed by atoms with E-state index in [1.54, 1.807) is 0 Å². The SMILES string of the molecule is C=C(C)CN=C(NCC1CCS(=O)(=O)C1)NC1CCC2CCCC2C1.I. The van der Waals surface area contributed by atoms with Gasteiger partial charge in [0.1, 0.15) is 0 Å². The molecule has 2 saturated carbocycles. The Hall–Kier alpha value is -0.310. The minimum absolute atomic E-state index is 0. The van der Waals surface area contributed by atoms with Crippen molar-refractivity contribution in [3.8, 4) is 0 Å². The van der Waals surface area contributed by atoms with Crippen molar-refractivity contribution in [1.29, 1.82) is 0 Å². The highest BCUT2D eigenvalue weighted by Crippen LogP contribution is 2.42. The van der Waals surface area contributed by atoms with Gasteiger partial charge < -0.3 is 10.6 Å². The van der Waals surface area contributed by atoms with Crippen LogP contribution in [0.25, 0.3) is 0 Å². The summed E-state index contributed by atoms with van der Waals surface area (Å²) in [5.74, 6) is 3.50. The summed E-state index contributed by atoms with van der Waals surface area (Å²) in [6.45, 7) is 7.20. The number of hydrogen-bond acceptors (Lipinski definition) is 3. The average molecular weight is 495 g/mol. The number of halogens is 1. The second kappa shape index (κ2) is 9.75. The number of nitrogens with zero attached hydrogens (tertiary/aromatic N) is 1. The van der Waals surface area contributed by atoms with Crippen molar-refractivity contribution in [2.75, 3.05) is 24.6 Å². The number of guanidine groups is 1. The molecule has 3 aliphatic rings. The number of fused-ring (bicyclic) bond motifs is 1. The smallest absolute Gasteiger partial charge is 0.191 e. The van der Waals surface area contributed by atoms with Crippen LogP contribution in [-0.2, 0) is 9.84 Å². The lowest BCUT2D eigenvalue weighted by Crippen LogP contribution is -2.47. The number of hydrogen-bond donors (Lipinski definition) is 2. The van der Waals surface area contributed by atoms with Crippen molar-refractivity contribution in [2.24, 2.45) is 22.7 Å². The van der Waals surface area contributed by atoms with Crippen LogP contribution in [0.2, 0.25) is 0 Å². The van der Waals surface area contributed by atoms with Crippen molar-refractivity contribution in [3.05, 3.63) is 12.2 Å². The summed E-state index contributed by atoms with van der Waals surface area (Å²) in [5.41, 5.74) is 1.03. The lowest BCUT2D eigenvalue weighted by Gasteiger charge is -2.33. The van der Waals surface area contributed by atoms with Gasteiger partial charge in [-0.05, 0) is 50.4 Å². The first-order valence-electron chi connectivity index (χ1n) is 9.81. The second-order valence-corrected chi connectivity index (χ2v) is 10.6. The predicted octanol–water partition coefficient (Wildman–Crippen LogP) is 3.12. The van der Waals surface area contributed by atoms with Gasteiger partial charge in [0.25, 0.3) is 0 Å². The van der Waals surface area contributed by atoms with Crippen molar-refractivity contribution in [2.45, 2.75) is 57.9 Å². The fourth-order valence-corrected chi connectivity index (χ4v) is 6.53. The molecule has 1 aliphatic heterocycles. The first kappa shape index (κ1) is 22.0. The van der Waals surface area contributed by atoms with Crippen LogP contribution in [0.1, 0.15) is 51.9 Å². The summed E-state index contributed by atoms with van der Waals surface area (Å²) in [6, 6.07) is 0.489. The van der Waals surface area contributed by atoms with E-state index >= 15 is 0 Å². The third-order valence-corrected chi connectivity index (χ3v) is 7.86. The van der Waals surface area contributed by atoms with E-state index in [-0.39, 0.29) is 29.9 Å². The molecule has 0 aromatic rings. The lowest BCUT2D eigenvalue weighted by molar-refractivity contribution is 0.239. The molecular weight excluding hydrogens is 461 g/mol. The minimum atomic E-state index is -2.82. The van der Waals surface area contributed by atoms with E-state index in [1.165, 1.54) is 38.5 Å². The Morgan fingerprint density at radius 1 is 1.15 bits per heavy atom. The molecule has 0 aromatic heterocycles. The van der Waals surface area contributed by atoms with E-state index in [2.05, 4.69) is 22.2 Å². The molecule has 150 valence electrons. The van der Waals surface area contributed by atoms with Gasteiger partial charge >= 0.3 is 0 Å². The van der Waals surface area contributed by atoms with E-state index in [0.29, 0.717) is 30.6 Å². The van der Waals surface area contributed by atoms with Gasteiger partial charge in [0.05, 0.1) is 18.1 Å². The van der Waals surface area contributed by atoms with Crippen LogP contribution in [0.5, 0.6) is 0 Å². The molecular formula is C19H34IN3O2S. The summed E-state index contributed by atoms with van der Waals surface area (Å²) in [4.78, 5) is 4.65. The van der Waals surface area contributed by atoms with Gasteiger partial charge in [0.2, 0.25) is 0 Å². The van der Waals surface area contributed by atoms with Crippen LogP contribution in [0.3, 0.4) is 0 Å². The zero-order chi connectivity index (χ0) is 17.9. The highest BCUT2D eigenvalue weighted by atomic mass is 127. The van der Waals surface area contributed by atoms with Crippen molar-refractivity contribution in [1.82, 2.24) is 10.6 Å². The zero-order valence-electron chi connectivity index (χ0n) is 15.9. The summed E-state index contributed by atoms with van der Waals surface area (Å²) < 4.78 is 23.3. The Morgan fingerprint density at radius 3 is 2.62 bits per heavy atom. The molecule has 0 spiro atoms. The molecule has 0 bridgehead atoms. The van der Waals surface area contributed by atoms with Gasteiger partial charge in [-0.3, -0.25) is 0 Å². The first-order chi connectivity index (χ1) is 11.9. The fourth-order valence-electron chi connectivity index (χ4n) is 4.67. The lowest BCUT2D eigenvalue weighted by atomic mass is 9.79. The second-order valence-electron chi connectivity index (χ2n) is 8.38. The summed E-state index contributed by atoms with van der Waals surface area (Å²) in [5, 5.41) is 7.01. The third-order valence-electron chi connectivity index (χ3n) is 6.02. The molecule has 0 aromatic carbocycles. The Bertz CT molecular complexity index is 620. The highest BCUT2D eigenvalue weighted by molar-refractivity contribution is 14.0. The zero-order valence-corrected chi connectivity index (χ0v) is 19.0. The molecule has 26 heavy (non-hydrogen) atoms. The van der Waals surface area contributed by atoms with E-state index < -0.39 is 9.84 Å². The fraction of sp³-hybridized carbons (Fsp3) is 0.842. The van der Waals surface area contributed by atoms with Crippen molar-refractivity contribution in [3.63, 3.8) is 0 Å². The Balaban J connectivity index is 0.00000243. The molecule has 3 fully saturated rings. The van der Waals surface area contributed by atoms with Gasteiger partial charge in [-0.15, -0.1) is 24.0 Å². The molecule has 4 unspecified atom stereocenters. The Labute approximate surface area is 175 Å². The standard InChI is InChI=1S/C19H33N3O2S.HI/c1-14(2)11-20-19(21-12-15-8-9-25(23,24)13-15)22-18-7-6-16-4-3-5-17(16)10-18;/h15-18H,1,3-13H2,2H3,(H2,20,21,22);1H. The number of nitrogens with one attached hydrogen (secondary N) is 2. The summed E-state index contributed by atoms with van der Waals surface area (Å²) >= 11 is 0. The first-order valence-corrected chi connectivity index (χ1v) is 11.6. The van der Waals surface area contributed by atoms with E-state index in [1.807, 2.05) is 6.92 Å². The van der Waals surface area contributed by atoms with Gasteiger partial charge in [0.15, 0.2) is 15.8 Å². The normalized spacial score (nSPS) is 33.2. The maximum absolute atomic E-state index is 11.6. The van der Waals surface area contributed by atoms with Gasteiger partial charge in [0, 0.05) is 12.6 Å². The van der Waals surface area contributed by atoms with E-state index in [0.717, 1.165) is 29.8 Å². The van der Waals surface area contributed by atoms with Gasteiger partial charge in [-0.1, -0.05) is 31.4 Å². The summed E-state index contributed by atoms with van der Waals surface area (Å²) in [6.07, 6.45) is 8.75. The van der Waals surface area contributed by atoms with Gasteiger partial charge in [-0.2, -0.15) is 0 Å². The van der Waals surface area contributed by atoms with Crippen LogP contribution in [0.4, 0.5) is 0 Å². The van der Waals surface area contributed by atoms with Crippen LogP contribution in [0.15, 0.2) is 17.1 Å². The molecule has 1 saturated heterocycles. The van der Waals surface area contributed by atoms with Crippen LogP contribution < -0.4 is 10.6 Å². The molecule has 3 rings (SSSR count). The maximum Gasteiger partial charge on any atom is 0.191 e. The van der Waals surface area contributed by atoms with Gasteiger partial charge in [-0.25, -0.2) is 13.4 Å². The predicted molar refractivity (Wildman–Crippen MR) is 119 cm³/mol. The molecule has 5 nitrogen and oxygen atoms in total. The number of sulfone groups is 1. The van der Waals surface area contributed by atoms with Crippen LogP contribution in [0, 0.1) is 17.8 Å². The Morgan fingerprint density at radius 2 is 1.92 bits per heavy atom. The van der Waals surface area contributed by atoms with Crippen LogP contribution in [-0.4, -0.2) is 45.0 Å². The molecule has 0 radical (unpaired) electrons. The van der Waals surface area contributed by atoms with E-state index in [4.69, 9.17) is 0 Å². The molecule has 4 atom stereocenters. The molecule has 2 N–H and O–H groups in total. The van der Waals surface area contributed by atoms with Crippen molar-refractivity contribution >= 4 is 39.8 Å². The third kappa shape index (κ3) is 6.39. The largest absolute Gasteiger partial charge is 0.356 e. The quantitative estimate of drug-likeness (QED) is 0.266. The molecule has 2 aliphatic carbocycles. The topological polar surface area (TPSA) is 70.6 Å². The van der Waals surface area contributed by atoms with Crippen LogP contribution >= 0.6 is 24.0 Å². The highest BCUT2D eigenvalue weighted by Gasteiger charge is 2.34. The van der Waals surface area contributed by atoms with Crippen molar-refractivity contribution < 1.29 is 8.42 Å². The van der Waals surface area contributed by atoms with E-state index in [9.17, 15) is 8.42 Å². The minimum Gasteiger partial charge on any atom is -0.356 e. The number of rotatable bonds is 5. The maximum atomic E-state index is 11.6. The summed E-state index contributed by atoms with van der Waals surface area (Å²) in [7, 11) is -2.82. The molecule has 0 amide bonds.